The molecule has 1 N–H and O–H groups in total. The molecule has 1 saturated carbocycles. The van der Waals surface area contributed by atoms with Gasteiger partial charge in [-0.1, -0.05) is 6.92 Å². The number of carbonyl (C=O) groups is 1. The second kappa shape index (κ2) is 3.44. The molecule has 0 unspecified atom stereocenters. The fourth-order valence-corrected chi connectivity index (χ4v) is 1.93. The standard InChI is InChI=1S/C8H13ClO2/c1-5-2-3-6(9)4-7(5)8(10)11/h5-7H,2-4H2,1H3,(H,10,11)/t5-,6-,7-/m1/s1. The van der Waals surface area contributed by atoms with E-state index < -0.39 is 5.97 Å². The average molecular weight is 177 g/mol. The Balaban J connectivity index is 2.54. The second-order valence-electron chi connectivity index (χ2n) is 3.33. The van der Waals surface area contributed by atoms with Crippen molar-refractivity contribution >= 4 is 17.6 Å². The van der Waals surface area contributed by atoms with Crippen LogP contribution in [0, 0.1) is 11.8 Å². The minimum atomic E-state index is -0.692. The summed E-state index contributed by atoms with van der Waals surface area (Å²) in [6.07, 6.45) is 2.55. The van der Waals surface area contributed by atoms with Crippen molar-refractivity contribution in [2.24, 2.45) is 11.8 Å². The van der Waals surface area contributed by atoms with Gasteiger partial charge in [-0.05, 0) is 25.2 Å². The fourth-order valence-electron chi connectivity index (χ4n) is 1.61. The molecule has 3 heteroatoms. The van der Waals surface area contributed by atoms with Crippen LogP contribution in [0.15, 0.2) is 0 Å². The number of carboxylic acids is 1. The van der Waals surface area contributed by atoms with Gasteiger partial charge in [-0.3, -0.25) is 4.79 Å². The maximum absolute atomic E-state index is 10.7. The first-order chi connectivity index (χ1) is 5.11. The summed E-state index contributed by atoms with van der Waals surface area (Å²) >= 11 is 5.86. The highest BCUT2D eigenvalue weighted by molar-refractivity contribution is 6.20. The Kier molecular flexibility index (Phi) is 2.77. The normalized spacial score (nSPS) is 38.5. The molecule has 0 heterocycles. The van der Waals surface area contributed by atoms with Gasteiger partial charge in [0.1, 0.15) is 0 Å². The molecule has 0 amide bonds. The summed E-state index contributed by atoms with van der Waals surface area (Å²) in [4.78, 5) is 10.7. The predicted octanol–water partition coefficient (Wildman–Crippen LogP) is 2.11. The Morgan fingerprint density at radius 3 is 2.64 bits per heavy atom. The fraction of sp³-hybridized carbons (Fsp3) is 0.875. The van der Waals surface area contributed by atoms with Gasteiger partial charge in [0.25, 0.3) is 0 Å². The van der Waals surface area contributed by atoms with Gasteiger partial charge in [-0.25, -0.2) is 0 Å². The first kappa shape index (κ1) is 8.85. The molecule has 0 aromatic rings. The van der Waals surface area contributed by atoms with Crippen LogP contribution in [0.4, 0.5) is 0 Å². The Morgan fingerprint density at radius 1 is 1.55 bits per heavy atom. The molecule has 0 aliphatic heterocycles. The monoisotopic (exact) mass is 176 g/mol. The first-order valence-electron chi connectivity index (χ1n) is 3.98. The van der Waals surface area contributed by atoms with E-state index in [4.69, 9.17) is 16.7 Å². The summed E-state index contributed by atoms with van der Waals surface area (Å²) in [7, 11) is 0. The van der Waals surface area contributed by atoms with Gasteiger partial charge < -0.3 is 5.11 Å². The summed E-state index contributed by atoms with van der Waals surface area (Å²) < 4.78 is 0. The first-order valence-corrected chi connectivity index (χ1v) is 4.41. The van der Waals surface area contributed by atoms with Crippen molar-refractivity contribution in [1.82, 2.24) is 0 Å². The minimum Gasteiger partial charge on any atom is -0.481 e. The van der Waals surface area contributed by atoms with Crippen LogP contribution in [0.25, 0.3) is 0 Å². The predicted molar refractivity (Wildman–Crippen MR) is 43.8 cm³/mol. The highest BCUT2D eigenvalue weighted by Gasteiger charge is 2.31. The number of hydrogen-bond donors (Lipinski definition) is 1. The quantitative estimate of drug-likeness (QED) is 0.622. The van der Waals surface area contributed by atoms with E-state index in [1.807, 2.05) is 6.92 Å². The van der Waals surface area contributed by atoms with E-state index in [0.717, 1.165) is 12.8 Å². The van der Waals surface area contributed by atoms with E-state index in [1.165, 1.54) is 0 Å². The van der Waals surface area contributed by atoms with E-state index >= 15 is 0 Å². The van der Waals surface area contributed by atoms with Crippen molar-refractivity contribution < 1.29 is 9.90 Å². The Morgan fingerprint density at radius 2 is 2.18 bits per heavy atom. The van der Waals surface area contributed by atoms with Gasteiger partial charge in [-0.15, -0.1) is 11.6 Å². The second-order valence-corrected chi connectivity index (χ2v) is 3.95. The number of alkyl halides is 1. The third kappa shape index (κ3) is 2.09. The van der Waals surface area contributed by atoms with Crippen LogP contribution < -0.4 is 0 Å². The van der Waals surface area contributed by atoms with Crippen LogP contribution in [-0.4, -0.2) is 16.5 Å². The van der Waals surface area contributed by atoms with Gasteiger partial charge in [-0.2, -0.15) is 0 Å². The maximum Gasteiger partial charge on any atom is 0.306 e. The summed E-state index contributed by atoms with van der Waals surface area (Å²) in [5, 5.41) is 8.84. The van der Waals surface area contributed by atoms with Crippen molar-refractivity contribution in [1.29, 1.82) is 0 Å². The van der Waals surface area contributed by atoms with Crippen LogP contribution in [0.5, 0.6) is 0 Å². The molecule has 0 spiro atoms. The van der Waals surface area contributed by atoms with Crippen LogP contribution in [0.3, 0.4) is 0 Å². The molecule has 0 aromatic carbocycles. The van der Waals surface area contributed by atoms with Crippen LogP contribution in [0.1, 0.15) is 26.2 Å². The lowest BCUT2D eigenvalue weighted by Crippen LogP contribution is -2.29. The molecule has 0 aromatic heterocycles. The molecule has 1 aliphatic rings. The maximum atomic E-state index is 10.7. The summed E-state index contributed by atoms with van der Waals surface area (Å²) in [5.74, 6) is -0.614. The number of aliphatic carboxylic acids is 1. The smallest absolute Gasteiger partial charge is 0.306 e. The molecule has 1 fully saturated rings. The highest BCUT2D eigenvalue weighted by Crippen LogP contribution is 2.32. The van der Waals surface area contributed by atoms with Gasteiger partial charge >= 0.3 is 5.97 Å². The summed E-state index contributed by atoms with van der Waals surface area (Å²) in [6, 6.07) is 0. The number of rotatable bonds is 1. The molecule has 0 saturated heterocycles. The van der Waals surface area contributed by atoms with Gasteiger partial charge in [0.15, 0.2) is 0 Å². The zero-order valence-electron chi connectivity index (χ0n) is 6.59. The molecule has 1 aliphatic carbocycles. The lowest BCUT2D eigenvalue weighted by Gasteiger charge is -2.28. The highest BCUT2D eigenvalue weighted by atomic mass is 35.5. The lowest BCUT2D eigenvalue weighted by atomic mass is 9.80. The molecule has 3 atom stereocenters. The zero-order valence-corrected chi connectivity index (χ0v) is 7.34. The SMILES string of the molecule is C[C@@H]1CC[C@@H](Cl)C[C@H]1C(=O)O. The molecular formula is C8H13ClO2. The van der Waals surface area contributed by atoms with E-state index in [-0.39, 0.29) is 11.3 Å². The summed E-state index contributed by atoms with van der Waals surface area (Å²) in [6.45, 7) is 1.99. The molecule has 1 rings (SSSR count). The van der Waals surface area contributed by atoms with Crippen molar-refractivity contribution in [2.75, 3.05) is 0 Å². The van der Waals surface area contributed by atoms with E-state index in [1.54, 1.807) is 0 Å². The van der Waals surface area contributed by atoms with Gasteiger partial charge in [0, 0.05) is 5.38 Å². The lowest BCUT2D eigenvalue weighted by molar-refractivity contribution is -0.144. The molecular weight excluding hydrogens is 164 g/mol. The number of halogens is 1. The van der Waals surface area contributed by atoms with Gasteiger partial charge in [0.2, 0.25) is 0 Å². The Bertz CT molecular complexity index is 158. The number of hydrogen-bond acceptors (Lipinski definition) is 1. The third-order valence-electron chi connectivity index (χ3n) is 2.45. The largest absolute Gasteiger partial charge is 0.481 e. The molecule has 0 radical (unpaired) electrons. The van der Waals surface area contributed by atoms with Crippen LogP contribution in [-0.2, 0) is 4.79 Å². The Labute approximate surface area is 71.5 Å². The topological polar surface area (TPSA) is 37.3 Å². The van der Waals surface area contributed by atoms with Crippen molar-refractivity contribution in [2.45, 2.75) is 31.6 Å². The average Bonchev–Trinajstić information content (AvgIpc) is 1.94. The molecule has 64 valence electrons. The van der Waals surface area contributed by atoms with Crippen molar-refractivity contribution in [3.63, 3.8) is 0 Å². The Hall–Kier alpha value is -0.240. The van der Waals surface area contributed by atoms with Crippen molar-refractivity contribution in [3.05, 3.63) is 0 Å². The van der Waals surface area contributed by atoms with E-state index in [2.05, 4.69) is 0 Å². The van der Waals surface area contributed by atoms with Crippen LogP contribution >= 0.6 is 11.6 Å². The molecule has 2 nitrogen and oxygen atoms in total. The van der Waals surface area contributed by atoms with Gasteiger partial charge in [0.05, 0.1) is 5.92 Å². The van der Waals surface area contributed by atoms with E-state index in [9.17, 15) is 4.79 Å². The third-order valence-corrected chi connectivity index (χ3v) is 2.85. The minimum absolute atomic E-state index is 0.0762. The van der Waals surface area contributed by atoms with E-state index in [0.29, 0.717) is 12.3 Å². The molecule has 11 heavy (non-hydrogen) atoms. The zero-order chi connectivity index (χ0) is 8.43. The summed E-state index contributed by atoms with van der Waals surface area (Å²) in [5.41, 5.74) is 0. The van der Waals surface area contributed by atoms with Crippen molar-refractivity contribution in [3.8, 4) is 0 Å². The van der Waals surface area contributed by atoms with Crippen LogP contribution in [0.2, 0.25) is 0 Å². The molecule has 0 bridgehead atoms. The number of carboxylic acid groups (broad SMARTS) is 1.